The summed E-state index contributed by atoms with van der Waals surface area (Å²) in [5.41, 5.74) is 0. The fourth-order valence-corrected chi connectivity index (χ4v) is 0. The van der Waals surface area contributed by atoms with Gasteiger partial charge in [-0.3, -0.25) is 0 Å². The van der Waals surface area contributed by atoms with E-state index in [-0.39, 0.29) is 13.2 Å². The van der Waals surface area contributed by atoms with Crippen LogP contribution in [0.2, 0.25) is 0 Å². The van der Waals surface area contributed by atoms with Crippen molar-refractivity contribution < 1.29 is 17.5 Å². The topological polar surface area (TPSA) is 40.5 Å². The third-order valence-corrected chi connectivity index (χ3v) is 0.1000. The third-order valence-electron chi connectivity index (χ3n) is 0.1000. The van der Waals surface area contributed by atoms with Crippen LogP contribution in [0.15, 0.2) is 0 Å². The summed E-state index contributed by atoms with van der Waals surface area (Å²) in [6.45, 7) is -0.250. The Kier molecular flexibility index (Phi) is 6.10. The third kappa shape index (κ3) is 118. The average Bonchev–Trinajstić information content (AvgIpc) is 1.57. The summed E-state index contributed by atoms with van der Waals surface area (Å²) in [5.74, 6) is 0. The molecule has 0 aliphatic rings. The molecule has 0 spiro atoms. The predicted molar refractivity (Wildman–Crippen MR) is 49.3 cm³/mol. The van der Waals surface area contributed by atoms with Crippen molar-refractivity contribution >= 4 is 56.5 Å². The first-order valence-electron chi connectivity index (χ1n) is 2.06. The summed E-state index contributed by atoms with van der Waals surface area (Å²) in [6.07, 6.45) is 0. The maximum absolute atomic E-state index is 7.62. The minimum absolute atomic E-state index is 0.125. The summed E-state index contributed by atoms with van der Waals surface area (Å²) in [7, 11) is 24.9. The van der Waals surface area contributed by atoms with Crippen LogP contribution in [0.1, 0.15) is 0 Å². The van der Waals surface area contributed by atoms with Crippen LogP contribution in [0.5, 0.6) is 0 Å². The molecule has 0 saturated carbocycles. The van der Waals surface area contributed by atoms with Crippen LogP contribution < -0.4 is 0 Å². The van der Waals surface area contributed by atoms with Crippen LogP contribution in [-0.2, 0) is 7.31 Å². The average molecular weight is 459 g/mol. The van der Waals surface area contributed by atoms with Gasteiger partial charge in [0.15, 0.2) is 0 Å². The maximum atomic E-state index is 7.62. The standard InChI is InChI=1S/C2H6O2.6ClH.W/c3-1-2-4;;;;;;;/h3-4H,1-2H2;6*1H;/q;;;;;;;+6/p-6. The second kappa shape index (κ2) is 4.25. The molecule has 0 bridgehead atoms. The molecule has 0 heterocycles. The van der Waals surface area contributed by atoms with E-state index in [9.17, 15) is 0 Å². The van der Waals surface area contributed by atoms with E-state index in [2.05, 4.69) is 0 Å². The van der Waals surface area contributed by atoms with Crippen LogP contribution in [0, 0.1) is 0 Å². The molecule has 0 aromatic heterocycles. The Morgan fingerprint density at radius 1 is 0.727 bits per heavy atom. The van der Waals surface area contributed by atoms with Gasteiger partial charge < -0.3 is 10.2 Å². The van der Waals surface area contributed by atoms with E-state index in [1.807, 2.05) is 0 Å². The van der Waals surface area contributed by atoms with Gasteiger partial charge in [-0.15, -0.1) is 0 Å². The van der Waals surface area contributed by atoms with Gasteiger partial charge in [-0.1, -0.05) is 0 Å². The molecule has 0 aromatic carbocycles. The normalized spacial score (nSPS) is 17.5. The first-order chi connectivity index (χ1) is 4.36. The fraction of sp³-hybridized carbons (Fsp3) is 1.00. The van der Waals surface area contributed by atoms with E-state index in [1.165, 1.54) is 0 Å². The summed E-state index contributed by atoms with van der Waals surface area (Å²) in [6, 6.07) is 0. The monoisotopic (exact) mass is 456 g/mol. The van der Waals surface area contributed by atoms with Crippen molar-refractivity contribution in [2.75, 3.05) is 13.2 Å². The zero-order valence-corrected chi connectivity index (χ0v) is 12.5. The van der Waals surface area contributed by atoms with Crippen molar-refractivity contribution in [1.82, 2.24) is 0 Å². The van der Waals surface area contributed by atoms with Crippen LogP contribution >= 0.6 is 56.5 Å². The number of aliphatic hydroxyl groups excluding tert-OH is 2. The fourth-order valence-electron chi connectivity index (χ4n) is 0. The summed E-state index contributed by atoms with van der Waals surface area (Å²) in [5, 5.41) is 15.2. The van der Waals surface area contributed by atoms with Crippen LogP contribution in [0.3, 0.4) is 0 Å². The molecular weight excluding hydrogens is 453 g/mol. The van der Waals surface area contributed by atoms with Gasteiger partial charge in [-0.05, 0) is 0 Å². The van der Waals surface area contributed by atoms with Gasteiger partial charge >= 0.3 is 63.8 Å². The molecule has 0 atom stereocenters. The van der Waals surface area contributed by atoms with Crippen molar-refractivity contribution in [3.63, 3.8) is 0 Å². The number of halogens is 6. The zero-order chi connectivity index (χ0) is 9.82. The van der Waals surface area contributed by atoms with Gasteiger partial charge in [0.1, 0.15) is 0 Å². The van der Waals surface area contributed by atoms with Crippen LogP contribution in [-0.4, -0.2) is 23.4 Å². The zero-order valence-electron chi connectivity index (χ0n) is 4.98. The van der Waals surface area contributed by atoms with Gasteiger partial charge in [0, 0.05) is 0 Å². The van der Waals surface area contributed by atoms with Crippen LogP contribution in [0.4, 0.5) is 0 Å². The Balaban J connectivity index is 0. The van der Waals surface area contributed by atoms with Crippen LogP contribution in [0.25, 0.3) is 0 Å². The number of hydrogen-bond donors (Lipinski definition) is 2. The number of aliphatic hydroxyl groups is 2. The molecule has 11 heavy (non-hydrogen) atoms. The molecule has 0 radical (unpaired) electrons. The second-order valence-electron chi connectivity index (χ2n) is 1.32. The Labute approximate surface area is 86.3 Å². The molecule has 0 saturated heterocycles. The van der Waals surface area contributed by atoms with Gasteiger partial charge in [0.25, 0.3) is 0 Å². The molecule has 2 N–H and O–H groups in total. The van der Waals surface area contributed by atoms with Crippen molar-refractivity contribution in [3.8, 4) is 0 Å². The Bertz CT molecular complexity index is 96.9. The molecule has 74 valence electrons. The van der Waals surface area contributed by atoms with E-state index in [0.717, 1.165) is 0 Å². The first-order valence-corrected chi connectivity index (χ1v) is 23.9. The number of hydrogen-bond acceptors (Lipinski definition) is 2. The molecule has 0 fully saturated rings. The van der Waals surface area contributed by atoms with E-state index in [4.69, 9.17) is 66.7 Å². The molecular formula is C2H6Cl6O2W. The van der Waals surface area contributed by atoms with Crippen molar-refractivity contribution in [2.24, 2.45) is 0 Å². The van der Waals surface area contributed by atoms with E-state index >= 15 is 0 Å². The summed E-state index contributed by atoms with van der Waals surface area (Å²) >= 11 is 0. The quantitative estimate of drug-likeness (QED) is 0.634. The van der Waals surface area contributed by atoms with E-state index in [0.29, 0.717) is 0 Å². The molecule has 0 aliphatic carbocycles. The van der Waals surface area contributed by atoms with Crippen molar-refractivity contribution in [3.05, 3.63) is 0 Å². The second-order valence-corrected chi connectivity index (χ2v) is 64.9. The predicted octanol–water partition coefficient (Wildman–Crippen LogP) is 3.11. The molecule has 0 aromatic rings. The van der Waals surface area contributed by atoms with E-state index in [1.54, 1.807) is 0 Å². The molecule has 0 rings (SSSR count). The molecule has 0 aliphatic heterocycles. The van der Waals surface area contributed by atoms with Gasteiger partial charge in [0.05, 0.1) is 13.2 Å². The summed E-state index contributed by atoms with van der Waals surface area (Å²) < 4.78 is 0. The molecule has 9 heteroatoms. The van der Waals surface area contributed by atoms with Crippen molar-refractivity contribution in [2.45, 2.75) is 0 Å². The van der Waals surface area contributed by atoms with E-state index < -0.39 is 7.31 Å². The van der Waals surface area contributed by atoms with Gasteiger partial charge in [-0.25, -0.2) is 0 Å². The SMILES string of the molecule is OCCO.[Cl][W]([Cl])([Cl])([Cl])([Cl])[Cl]. The van der Waals surface area contributed by atoms with Crippen molar-refractivity contribution in [1.29, 1.82) is 0 Å². The molecule has 0 amide bonds. The Morgan fingerprint density at radius 2 is 0.818 bits per heavy atom. The number of rotatable bonds is 1. The van der Waals surface area contributed by atoms with Gasteiger partial charge in [0.2, 0.25) is 0 Å². The Morgan fingerprint density at radius 3 is 0.818 bits per heavy atom. The molecule has 2 nitrogen and oxygen atoms in total. The molecule has 0 unspecified atom stereocenters. The minimum atomic E-state index is -5.47. The first kappa shape index (κ1) is 15.8. The Hall–Kier alpha value is 2.35. The van der Waals surface area contributed by atoms with Gasteiger partial charge in [-0.2, -0.15) is 0 Å². The summed E-state index contributed by atoms with van der Waals surface area (Å²) in [4.78, 5) is 0.